The number of pyridine rings is 1. The second-order valence-corrected chi connectivity index (χ2v) is 4.91. The van der Waals surface area contributed by atoms with Crippen LogP contribution in [-0.4, -0.2) is 14.6 Å². The molecule has 0 fully saturated rings. The van der Waals surface area contributed by atoms with Gasteiger partial charge >= 0.3 is 0 Å². The van der Waals surface area contributed by atoms with Crippen molar-refractivity contribution >= 4 is 21.6 Å². The average Bonchev–Trinajstić information content (AvgIpc) is 2.72. The van der Waals surface area contributed by atoms with Gasteiger partial charge in [-0.25, -0.2) is 4.39 Å². The lowest BCUT2D eigenvalue weighted by Crippen LogP contribution is -1.96. The number of hydrogen-bond donors (Lipinski definition) is 0. The molecule has 90 valence electrons. The van der Waals surface area contributed by atoms with E-state index in [1.165, 1.54) is 12.1 Å². The van der Waals surface area contributed by atoms with Crippen molar-refractivity contribution in [1.29, 1.82) is 0 Å². The number of rotatable bonds is 2. The molecule has 3 nitrogen and oxygen atoms in total. The molecule has 0 amide bonds. The summed E-state index contributed by atoms with van der Waals surface area (Å²) in [5, 5.41) is 8.22. The molecule has 0 unspecified atom stereocenters. The quantitative estimate of drug-likeness (QED) is 0.727. The Balaban J connectivity index is 2.00. The molecule has 0 aliphatic carbocycles. The van der Waals surface area contributed by atoms with Crippen LogP contribution in [0.5, 0.6) is 0 Å². The van der Waals surface area contributed by atoms with E-state index in [9.17, 15) is 4.39 Å². The first-order valence-corrected chi connectivity index (χ1v) is 6.25. The average molecular weight is 306 g/mol. The van der Waals surface area contributed by atoms with Crippen molar-refractivity contribution in [2.45, 2.75) is 6.42 Å². The number of aromatic nitrogens is 3. The van der Waals surface area contributed by atoms with Gasteiger partial charge in [0.15, 0.2) is 5.65 Å². The van der Waals surface area contributed by atoms with Crippen molar-refractivity contribution in [3.05, 3.63) is 64.3 Å². The van der Waals surface area contributed by atoms with Crippen molar-refractivity contribution in [2.24, 2.45) is 0 Å². The predicted octanol–water partition coefficient (Wildman–Crippen LogP) is 3.22. The van der Waals surface area contributed by atoms with E-state index < -0.39 is 0 Å². The molecule has 0 N–H and O–H groups in total. The zero-order valence-corrected chi connectivity index (χ0v) is 10.9. The maximum absolute atomic E-state index is 13.1. The molecule has 0 bridgehead atoms. The number of hydrogen-bond acceptors (Lipinski definition) is 2. The molecule has 0 atom stereocenters. The van der Waals surface area contributed by atoms with Crippen LogP contribution in [0, 0.1) is 5.82 Å². The minimum absolute atomic E-state index is 0.232. The Morgan fingerprint density at radius 2 is 2.06 bits per heavy atom. The van der Waals surface area contributed by atoms with E-state index in [1.807, 2.05) is 28.8 Å². The van der Waals surface area contributed by atoms with Crippen LogP contribution in [-0.2, 0) is 6.42 Å². The lowest BCUT2D eigenvalue weighted by molar-refractivity contribution is 0.625. The van der Waals surface area contributed by atoms with Gasteiger partial charge in [0.1, 0.15) is 11.6 Å². The fourth-order valence-electron chi connectivity index (χ4n) is 1.87. The van der Waals surface area contributed by atoms with Crippen LogP contribution in [0.1, 0.15) is 11.4 Å². The first kappa shape index (κ1) is 11.3. The van der Waals surface area contributed by atoms with E-state index in [0.717, 1.165) is 21.5 Å². The lowest BCUT2D eigenvalue weighted by atomic mass is 10.1. The Morgan fingerprint density at radius 3 is 2.89 bits per heavy atom. The monoisotopic (exact) mass is 305 g/mol. The zero-order valence-electron chi connectivity index (χ0n) is 9.35. The Kier molecular flexibility index (Phi) is 2.83. The minimum atomic E-state index is -0.232. The summed E-state index contributed by atoms with van der Waals surface area (Å²) in [6, 6.07) is 10.3. The highest BCUT2D eigenvalue weighted by Gasteiger charge is 2.06. The highest BCUT2D eigenvalue weighted by Crippen LogP contribution is 2.15. The van der Waals surface area contributed by atoms with Crippen LogP contribution >= 0.6 is 15.9 Å². The van der Waals surface area contributed by atoms with Gasteiger partial charge in [-0.2, -0.15) is 0 Å². The van der Waals surface area contributed by atoms with Crippen LogP contribution in [0.2, 0.25) is 0 Å². The Labute approximate surface area is 111 Å². The molecule has 18 heavy (non-hydrogen) atoms. The van der Waals surface area contributed by atoms with Gasteiger partial charge in [-0.05, 0) is 29.8 Å². The summed E-state index contributed by atoms with van der Waals surface area (Å²) in [6.45, 7) is 0. The Hall–Kier alpha value is -1.75. The maximum Gasteiger partial charge on any atom is 0.161 e. The van der Waals surface area contributed by atoms with E-state index in [-0.39, 0.29) is 5.82 Å². The fourth-order valence-corrected chi connectivity index (χ4v) is 2.19. The van der Waals surface area contributed by atoms with E-state index in [2.05, 4.69) is 26.1 Å². The third kappa shape index (κ3) is 2.13. The zero-order chi connectivity index (χ0) is 12.5. The third-order valence-electron chi connectivity index (χ3n) is 2.69. The largest absolute Gasteiger partial charge is 0.286 e. The van der Waals surface area contributed by atoms with Gasteiger partial charge in [-0.1, -0.05) is 28.1 Å². The van der Waals surface area contributed by atoms with E-state index in [0.29, 0.717) is 6.42 Å². The summed E-state index contributed by atoms with van der Waals surface area (Å²) < 4.78 is 16.0. The molecule has 2 heterocycles. The summed E-state index contributed by atoms with van der Waals surface area (Å²) in [7, 11) is 0. The van der Waals surface area contributed by atoms with Crippen LogP contribution in [0.15, 0.2) is 47.1 Å². The second-order valence-electron chi connectivity index (χ2n) is 4.00. The molecule has 0 aliphatic rings. The molecule has 0 saturated carbocycles. The van der Waals surface area contributed by atoms with Crippen LogP contribution in [0.25, 0.3) is 5.65 Å². The van der Waals surface area contributed by atoms with E-state index in [1.54, 1.807) is 6.07 Å². The highest BCUT2D eigenvalue weighted by atomic mass is 79.9. The van der Waals surface area contributed by atoms with Crippen molar-refractivity contribution in [2.75, 3.05) is 0 Å². The first-order valence-electron chi connectivity index (χ1n) is 5.46. The summed E-state index contributed by atoms with van der Waals surface area (Å²) in [5.41, 5.74) is 1.66. The Morgan fingerprint density at radius 1 is 1.17 bits per heavy atom. The summed E-state index contributed by atoms with van der Waals surface area (Å²) in [6.07, 6.45) is 2.45. The number of nitrogens with zero attached hydrogens (tertiary/aromatic N) is 3. The molecule has 5 heteroatoms. The molecule has 1 aromatic carbocycles. The summed E-state index contributed by atoms with van der Waals surface area (Å²) in [5.74, 6) is 0.562. The van der Waals surface area contributed by atoms with Gasteiger partial charge in [0.25, 0.3) is 0 Å². The summed E-state index contributed by atoms with van der Waals surface area (Å²) in [4.78, 5) is 0. The van der Waals surface area contributed by atoms with Crippen molar-refractivity contribution in [3.63, 3.8) is 0 Å². The molecule has 3 aromatic rings. The van der Waals surface area contributed by atoms with E-state index in [4.69, 9.17) is 0 Å². The lowest BCUT2D eigenvalue weighted by Gasteiger charge is -2.01. The smallest absolute Gasteiger partial charge is 0.161 e. The molecular formula is C13H9BrFN3. The summed E-state index contributed by atoms with van der Waals surface area (Å²) >= 11 is 3.39. The molecular weight excluding hydrogens is 297 g/mol. The highest BCUT2D eigenvalue weighted by molar-refractivity contribution is 9.10. The molecule has 0 radical (unpaired) electrons. The van der Waals surface area contributed by atoms with Gasteiger partial charge in [-0.3, -0.25) is 4.40 Å². The van der Waals surface area contributed by atoms with Gasteiger partial charge in [-0.15, -0.1) is 10.2 Å². The first-order chi connectivity index (χ1) is 8.72. The number of halogens is 2. The van der Waals surface area contributed by atoms with Crippen LogP contribution < -0.4 is 0 Å². The topological polar surface area (TPSA) is 30.2 Å². The second kappa shape index (κ2) is 4.49. The Bertz CT molecular complexity index is 708. The van der Waals surface area contributed by atoms with Gasteiger partial charge < -0.3 is 0 Å². The van der Waals surface area contributed by atoms with E-state index >= 15 is 0 Å². The van der Waals surface area contributed by atoms with Crippen molar-refractivity contribution in [3.8, 4) is 0 Å². The SMILES string of the molecule is Fc1cccc(Cc2nnc3cc(Br)ccn23)c1. The van der Waals surface area contributed by atoms with Crippen molar-refractivity contribution in [1.82, 2.24) is 14.6 Å². The van der Waals surface area contributed by atoms with Gasteiger partial charge in [0.05, 0.1) is 0 Å². The number of benzene rings is 1. The van der Waals surface area contributed by atoms with Gasteiger partial charge in [0, 0.05) is 17.1 Å². The van der Waals surface area contributed by atoms with Gasteiger partial charge in [0.2, 0.25) is 0 Å². The van der Waals surface area contributed by atoms with Crippen LogP contribution in [0.4, 0.5) is 4.39 Å². The standard InChI is InChI=1S/C13H9BrFN3/c14-10-4-5-18-12(16-17-13(18)8-10)7-9-2-1-3-11(15)6-9/h1-6,8H,7H2. The molecule has 3 rings (SSSR count). The predicted molar refractivity (Wildman–Crippen MR) is 69.9 cm³/mol. The van der Waals surface area contributed by atoms with Crippen molar-refractivity contribution < 1.29 is 4.39 Å². The third-order valence-corrected chi connectivity index (χ3v) is 3.19. The molecule has 2 aromatic heterocycles. The minimum Gasteiger partial charge on any atom is -0.286 e. The molecule has 0 spiro atoms. The normalized spacial score (nSPS) is 11.0. The molecule has 0 aliphatic heterocycles. The number of fused-ring (bicyclic) bond motifs is 1. The molecule has 0 saturated heterocycles. The fraction of sp³-hybridized carbons (Fsp3) is 0.0769. The maximum atomic E-state index is 13.1. The van der Waals surface area contributed by atoms with Crippen LogP contribution in [0.3, 0.4) is 0 Å².